The van der Waals surface area contributed by atoms with Crippen LogP contribution in [0.25, 0.3) is 0 Å². The number of Topliss-reactive ketones (excluding diaryl/α,β-unsaturated/α-hetero) is 2. The molecular formula is C29H47N2O7+. The molecule has 0 spiro atoms. The lowest BCUT2D eigenvalue weighted by molar-refractivity contribution is -0.699. The third kappa shape index (κ3) is 5.24. The Kier molecular flexibility index (Phi) is 9.14. The van der Waals surface area contributed by atoms with Gasteiger partial charge in [-0.1, -0.05) is 25.8 Å². The number of epoxide rings is 1. The number of rotatable bonds is 11. The number of fused-ring (bicyclic) bond motifs is 2. The SMILES string of the molecule is CC(CCC1CC[NH2+]C(N)C1)=C(CO)CC12OC1(C(=O)OCCO)C(=O)C1C(CC(C)C)CCCC1C2=O. The van der Waals surface area contributed by atoms with E-state index in [1.54, 1.807) is 0 Å². The van der Waals surface area contributed by atoms with E-state index in [2.05, 4.69) is 19.2 Å². The van der Waals surface area contributed by atoms with E-state index in [0.29, 0.717) is 23.8 Å². The van der Waals surface area contributed by atoms with Crippen LogP contribution in [0.4, 0.5) is 0 Å². The Morgan fingerprint density at radius 2 is 1.97 bits per heavy atom. The maximum absolute atomic E-state index is 14.1. The number of carbonyl (C=O) groups is 3. The molecule has 4 aliphatic rings. The van der Waals surface area contributed by atoms with Crippen molar-refractivity contribution in [1.82, 2.24) is 0 Å². The van der Waals surface area contributed by atoms with Crippen molar-refractivity contribution in [3.05, 3.63) is 11.1 Å². The summed E-state index contributed by atoms with van der Waals surface area (Å²) >= 11 is 0. The van der Waals surface area contributed by atoms with E-state index >= 15 is 0 Å². The van der Waals surface area contributed by atoms with Crippen molar-refractivity contribution >= 4 is 17.5 Å². The number of ketones is 2. The fourth-order valence-corrected chi connectivity index (χ4v) is 7.53. The highest BCUT2D eigenvalue weighted by atomic mass is 16.7. The van der Waals surface area contributed by atoms with Gasteiger partial charge in [0.25, 0.3) is 5.60 Å². The van der Waals surface area contributed by atoms with Crippen LogP contribution >= 0.6 is 0 Å². The van der Waals surface area contributed by atoms with Crippen LogP contribution in [0.1, 0.15) is 78.6 Å². The molecule has 0 aromatic heterocycles. The number of hydrogen-bond donors (Lipinski definition) is 4. The fourth-order valence-electron chi connectivity index (χ4n) is 7.53. The van der Waals surface area contributed by atoms with Gasteiger partial charge in [-0.15, -0.1) is 0 Å². The lowest BCUT2D eigenvalue weighted by Crippen LogP contribution is -2.94. The zero-order valence-electron chi connectivity index (χ0n) is 23.2. The summed E-state index contributed by atoms with van der Waals surface area (Å²) in [4.78, 5) is 41.6. The summed E-state index contributed by atoms with van der Waals surface area (Å²) in [6.45, 7) is 6.22. The van der Waals surface area contributed by atoms with Crippen LogP contribution in [0.2, 0.25) is 0 Å². The first kappa shape index (κ1) is 29.3. The number of allylic oxidation sites excluding steroid dienone is 1. The molecule has 0 aromatic carbocycles. The highest BCUT2D eigenvalue weighted by molar-refractivity contribution is 6.23. The molecule has 9 nitrogen and oxygen atoms in total. The first-order valence-electron chi connectivity index (χ1n) is 14.5. The van der Waals surface area contributed by atoms with Crippen LogP contribution in [0.3, 0.4) is 0 Å². The van der Waals surface area contributed by atoms with Crippen molar-refractivity contribution in [3.8, 4) is 0 Å². The Bertz CT molecular complexity index is 949. The average molecular weight is 536 g/mol. The molecule has 0 radical (unpaired) electrons. The second-order valence-electron chi connectivity index (χ2n) is 12.5. The molecule has 2 saturated carbocycles. The number of ether oxygens (including phenoxy) is 2. The molecule has 2 heterocycles. The van der Waals surface area contributed by atoms with Crippen molar-refractivity contribution in [3.63, 3.8) is 0 Å². The summed E-state index contributed by atoms with van der Waals surface area (Å²) in [7, 11) is 0. The van der Waals surface area contributed by atoms with Crippen molar-refractivity contribution < 1.29 is 39.4 Å². The number of esters is 1. The van der Waals surface area contributed by atoms with Crippen molar-refractivity contribution in [2.45, 2.75) is 95.9 Å². The van der Waals surface area contributed by atoms with E-state index in [4.69, 9.17) is 15.2 Å². The van der Waals surface area contributed by atoms with E-state index in [0.717, 1.165) is 57.1 Å². The molecule has 6 N–H and O–H groups in total. The van der Waals surface area contributed by atoms with Gasteiger partial charge >= 0.3 is 5.97 Å². The van der Waals surface area contributed by atoms with Crippen molar-refractivity contribution in [2.24, 2.45) is 35.3 Å². The predicted octanol–water partition coefficient (Wildman–Crippen LogP) is 0.997. The minimum Gasteiger partial charge on any atom is -0.461 e. The van der Waals surface area contributed by atoms with Crippen LogP contribution in [0.5, 0.6) is 0 Å². The molecule has 7 unspecified atom stereocenters. The molecule has 2 saturated heterocycles. The zero-order valence-corrected chi connectivity index (χ0v) is 23.2. The number of aliphatic hydroxyl groups is 2. The standard InChI is InChI=1S/C29H46N2O7/c1-17(2)13-20-5-4-6-22-24(20)26(35)29(27(36)37-12-11-32)28(38-29,25(22)34)15-21(16-33)18(3)7-8-19-9-10-31-23(30)14-19/h17,19-20,22-24,31-33H,4-16,30H2,1-3H3/p+1. The highest BCUT2D eigenvalue weighted by Gasteiger charge is 2.87. The molecule has 0 bridgehead atoms. The van der Waals surface area contributed by atoms with Gasteiger partial charge < -0.3 is 25.0 Å². The van der Waals surface area contributed by atoms with Crippen LogP contribution in [0.15, 0.2) is 11.1 Å². The maximum atomic E-state index is 14.1. The largest absolute Gasteiger partial charge is 0.461 e. The quantitative estimate of drug-likeness (QED) is 0.132. The van der Waals surface area contributed by atoms with Gasteiger partial charge in [0.1, 0.15) is 12.8 Å². The van der Waals surface area contributed by atoms with Gasteiger partial charge in [0.2, 0.25) is 0 Å². The van der Waals surface area contributed by atoms with Crippen molar-refractivity contribution in [1.29, 1.82) is 0 Å². The second kappa shape index (κ2) is 11.8. The Labute approximate surface area is 225 Å². The molecule has 2 aliphatic heterocycles. The fraction of sp³-hybridized carbons (Fsp3) is 0.828. The minimum atomic E-state index is -1.99. The Morgan fingerprint density at radius 3 is 2.63 bits per heavy atom. The van der Waals surface area contributed by atoms with Crippen molar-refractivity contribution in [2.75, 3.05) is 26.4 Å². The Balaban J connectivity index is 1.62. The van der Waals surface area contributed by atoms with E-state index < -0.39 is 29.0 Å². The number of aliphatic hydroxyl groups excluding tert-OH is 2. The molecular weight excluding hydrogens is 488 g/mol. The van der Waals surface area contributed by atoms with E-state index in [1.807, 2.05) is 6.92 Å². The van der Waals surface area contributed by atoms with Gasteiger partial charge in [0.05, 0.1) is 19.8 Å². The number of hydrogen-bond acceptors (Lipinski definition) is 8. The first-order valence-corrected chi connectivity index (χ1v) is 14.5. The van der Waals surface area contributed by atoms with Gasteiger partial charge in [-0.25, -0.2) is 4.79 Å². The topological polar surface area (TPSA) is 156 Å². The molecule has 9 heteroatoms. The third-order valence-electron chi connectivity index (χ3n) is 9.49. The molecule has 214 valence electrons. The molecule has 38 heavy (non-hydrogen) atoms. The lowest BCUT2D eigenvalue weighted by Gasteiger charge is -2.42. The lowest BCUT2D eigenvalue weighted by atomic mass is 9.56. The molecule has 2 aliphatic carbocycles. The number of carbonyl (C=O) groups excluding carboxylic acids is 3. The molecule has 4 rings (SSSR count). The van der Waals surface area contributed by atoms with Crippen LogP contribution in [-0.2, 0) is 23.9 Å². The second-order valence-corrected chi connectivity index (χ2v) is 12.5. The van der Waals surface area contributed by atoms with Crippen LogP contribution in [-0.4, -0.2) is 71.5 Å². The van der Waals surface area contributed by atoms with Gasteiger partial charge in [0, 0.05) is 24.7 Å². The summed E-state index contributed by atoms with van der Waals surface area (Å²) in [6.07, 6.45) is 6.95. The molecule has 0 amide bonds. The monoisotopic (exact) mass is 535 g/mol. The van der Waals surface area contributed by atoms with E-state index in [-0.39, 0.29) is 49.9 Å². The summed E-state index contributed by atoms with van der Waals surface area (Å²) < 4.78 is 11.3. The minimum absolute atomic E-state index is 0.00412. The normalized spacial score (nSPS) is 37.4. The van der Waals surface area contributed by atoms with Crippen LogP contribution < -0.4 is 11.1 Å². The summed E-state index contributed by atoms with van der Waals surface area (Å²) in [5.41, 5.74) is 4.08. The predicted molar refractivity (Wildman–Crippen MR) is 140 cm³/mol. The van der Waals surface area contributed by atoms with Gasteiger partial charge in [0.15, 0.2) is 17.2 Å². The average Bonchev–Trinajstić information content (AvgIpc) is 3.59. The van der Waals surface area contributed by atoms with Crippen LogP contribution in [0, 0.1) is 29.6 Å². The summed E-state index contributed by atoms with van der Waals surface area (Å²) in [6, 6.07) is 0. The molecule has 4 fully saturated rings. The number of nitrogens with two attached hydrogens (primary N) is 2. The van der Waals surface area contributed by atoms with Gasteiger partial charge in [-0.3, -0.25) is 15.3 Å². The smallest absolute Gasteiger partial charge is 0.350 e. The number of quaternary nitrogens is 1. The molecule has 0 aromatic rings. The first-order chi connectivity index (χ1) is 18.1. The Hall–Kier alpha value is -1.65. The van der Waals surface area contributed by atoms with Gasteiger partial charge in [-0.05, 0) is 68.8 Å². The maximum Gasteiger partial charge on any atom is 0.350 e. The molecule has 7 atom stereocenters. The highest BCUT2D eigenvalue weighted by Crippen LogP contribution is 2.63. The number of piperidine rings is 1. The summed E-state index contributed by atoms with van der Waals surface area (Å²) in [5, 5.41) is 21.7. The van der Waals surface area contributed by atoms with E-state index in [9.17, 15) is 24.6 Å². The Morgan fingerprint density at radius 1 is 1.21 bits per heavy atom. The van der Waals surface area contributed by atoms with E-state index in [1.165, 1.54) is 0 Å². The zero-order chi connectivity index (χ0) is 27.7. The third-order valence-corrected chi connectivity index (χ3v) is 9.49. The van der Waals surface area contributed by atoms with Gasteiger partial charge in [-0.2, -0.15) is 0 Å². The summed E-state index contributed by atoms with van der Waals surface area (Å²) in [5.74, 6) is -1.61.